The van der Waals surface area contributed by atoms with Crippen molar-refractivity contribution in [2.75, 3.05) is 0 Å². The summed E-state index contributed by atoms with van der Waals surface area (Å²) in [5, 5.41) is 1.67. The number of carbonyl (C=O) groups is 1. The highest BCUT2D eigenvalue weighted by Gasteiger charge is 2.07. The summed E-state index contributed by atoms with van der Waals surface area (Å²) in [6.07, 6.45) is 5.22. The van der Waals surface area contributed by atoms with E-state index in [0.717, 1.165) is 16.6 Å². The van der Waals surface area contributed by atoms with E-state index in [1.165, 1.54) is 0 Å². The number of hydrogen-bond acceptors (Lipinski definition) is 2. The SMILES string of the molecule is Cl.O=C(Cl)c1ccn(-c2nccc3ccccc23)c1. The Labute approximate surface area is 121 Å². The summed E-state index contributed by atoms with van der Waals surface area (Å²) in [4.78, 5) is 15.4. The molecule has 2 aromatic heterocycles. The van der Waals surface area contributed by atoms with Crippen LogP contribution in [-0.2, 0) is 0 Å². The van der Waals surface area contributed by atoms with Crippen LogP contribution in [0.1, 0.15) is 10.4 Å². The Morgan fingerprint density at radius 1 is 1.16 bits per heavy atom. The highest BCUT2D eigenvalue weighted by Crippen LogP contribution is 2.20. The minimum Gasteiger partial charge on any atom is -0.307 e. The lowest BCUT2D eigenvalue weighted by atomic mass is 10.1. The third kappa shape index (κ3) is 2.48. The van der Waals surface area contributed by atoms with Gasteiger partial charge in [-0.05, 0) is 29.1 Å². The number of pyridine rings is 1. The van der Waals surface area contributed by atoms with Crippen molar-refractivity contribution in [2.45, 2.75) is 0 Å². The van der Waals surface area contributed by atoms with Crippen LogP contribution in [-0.4, -0.2) is 14.8 Å². The van der Waals surface area contributed by atoms with Gasteiger partial charge in [0.25, 0.3) is 5.24 Å². The molecule has 0 N–H and O–H groups in total. The van der Waals surface area contributed by atoms with Gasteiger partial charge in [0, 0.05) is 24.0 Å². The molecular weight excluding hydrogens is 283 g/mol. The Balaban J connectivity index is 0.00000133. The zero-order valence-electron chi connectivity index (χ0n) is 9.79. The normalized spacial score (nSPS) is 10.2. The average molecular weight is 293 g/mol. The zero-order valence-corrected chi connectivity index (χ0v) is 11.4. The fourth-order valence-electron chi connectivity index (χ4n) is 1.95. The number of nitrogens with zero attached hydrogens (tertiary/aromatic N) is 2. The third-order valence-electron chi connectivity index (χ3n) is 2.82. The van der Waals surface area contributed by atoms with Crippen LogP contribution in [0.15, 0.2) is 55.0 Å². The van der Waals surface area contributed by atoms with Crippen LogP contribution >= 0.6 is 24.0 Å². The Morgan fingerprint density at radius 3 is 2.68 bits per heavy atom. The van der Waals surface area contributed by atoms with E-state index in [1.807, 2.05) is 30.3 Å². The van der Waals surface area contributed by atoms with Crippen LogP contribution in [0, 0.1) is 0 Å². The number of fused-ring (bicyclic) bond motifs is 1. The second-order valence-corrected chi connectivity index (χ2v) is 4.28. The van der Waals surface area contributed by atoms with Gasteiger partial charge in [-0.1, -0.05) is 24.3 Å². The van der Waals surface area contributed by atoms with Crippen molar-refractivity contribution in [3.05, 3.63) is 60.6 Å². The number of carbonyl (C=O) groups excluding carboxylic acids is 1. The van der Waals surface area contributed by atoms with E-state index >= 15 is 0 Å². The molecule has 19 heavy (non-hydrogen) atoms. The molecule has 3 nitrogen and oxygen atoms in total. The Bertz CT molecular complexity index is 732. The monoisotopic (exact) mass is 292 g/mol. The molecule has 0 aliphatic rings. The summed E-state index contributed by atoms with van der Waals surface area (Å²) in [5.41, 5.74) is 0.464. The summed E-state index contributed by atoms with van der Waals surface area (Å²) in [5.74, 6) is 0.789. The molecule has 0 spiro atoms. The number of hydrogen-bond donors (Lipinski definition) is 0. The van der Waals surface area contributed by atoms with E-state index in [2.05, 4.69) is 4.98 Å². The first-order chi connectivity index (χ1) is 8.75. The maximum atomic E-state index is 11.1. The van der Waals surface area contributed by atoms with Crippen molar-refractivity contribution in [2.24, 2.45) is 0 Å². The number of rotatable bonds is 2. The molecule has 0 fully saturated rings. The molecule has 5 heteroatoms. The van der Waals surface area contributed by atoms with Gasteiger partial charge < -0.3 is 4.57 Å². The van der Waals surface area contributed by atoms with Gasteiger partial charge in [0.2, 0.25) is 0 Å². The third-order valence-corrected chi connectivity index (χ3v) is 3.04. The van der Waals surface area contributed by atoms with Gasteiger partial charge in [0.15, 0.2) is 0 Å². The number of aromatic nitrogens is 2. The van der Waals surface area contributed by atoms with Crippen molar-refractivity contribution in [1.29, 1.82) is 0 Å². The van der Waals surface area contributed by atoms with Crippen LogP contribution < -0.4 is 0 Å². The molecule has 2 heterocycles. The summed E-state index contributed by atoms with van der Waals surface area (Å²) in [7, 11) is 0. The van der Waals surface area contributed by atoms with E-state index in [-0.39, 0.29) is 12.4 Å². The van der Waals surface area contributed by atoms with E-state index in [9.17, 15) is 4.79 Å². The van der Waals surface area contributed by atoms with E-state index in [0.29, 0.717) is 5.56 Å². The smallest absolute Gasteiger partial charge is 0.253 e. The summed E-state index contributed by atoms with van der Waals surface area (Å²) >= 11 is 5.45. The van der Waals surface area contributed by atoms with Gasteiger partial charge in [-0.15, -0.1) is 12.4 Å². The zero-order chi connectivity index (χ0) is 12.5. The fourth-order valence-corrected chi connectivity index (χ4v) is 2.07. The van der Waals surface area contributed by atoms with Crippen molar-refractivity contribution in [3.63, 3.8) is 0 Å². The van der Waals surface area contributed by atoms with Gasteiger partial charge in [0.05, 0.1) is 5.56 Å². The molecule has 0 atom stereocenters. The minimum absolute atomic E-state index is 0. The highest BCUT2D eigenvalue weighted by atomic mass is 35.5. The molecule has 0 radical (unpaired) electrons. The lowest BCUT2D eigenvalue weighted by Crippen LogP contribution is -1.95. The van der Waals surface area contributed by atoms with Gasteiger partial charge >= 0.3 is 0 Å². The van der Waals surface area contributed by atoms with Crippen molar-refractivity contribution >= 4 is 40.0 Å². The number of halogens is 2. The first-order valence-corrected chi connectivity index (χ1v) is 5.85. The molecule has 0 saturated heterocycles. The molecule has 0 saturated carbocycles. The predicted molar refractivity (Wildman–Crippen MR) is 78.5 cm³/mol. The van der Waals surface area contributed by atoms with Crippen LogP contribution in [0.25, 0.3) is 16.6 Å². The molecule has 0 bridgehead atoms. The quantitative estimate of drug-likeness (QED) is 0.673. The van der Waals surface area contributed by atoms with E-state index in [1.54, 1.807) is 29.2 Å². The standard InChI is InChI=1S/C14H9ClN2O.ClH/c15-13(18)11-6-8-17(9-11)14-12-4-2-1-3-10(12)5-7-16-14;/h1-9H;1H. The summed E-state index contributed by atoms with van der Waals surface area (Å²) in [6.45, 7) is 0. The maximum Gasteiger partial charge on any atom is 0.253 e. The average Bonchev–Trinajstić information content (AvgIpc) is 2.87. The summed E-state index contributed by atoms with van der Waals surface area (Å²) in [6, 6.07) is 11.6. The summed E-state index contributed by atoms with van der Waals surface area (Å²) < 4.78 is 1.80. The Kier molecular flexibility index (Phi) is 3.88. The Morgan fingerprint density at radius 2 is 1.95 bits per heavy atom. The topological polar surface area (TPSA) is 34.9 Å². The molecule has 0 aliphatic heterocycles. The lowest BCUT2D eigenvalue weighted by Gasteiger charge is -2.05. The molecule has 1 aromatic carbocycles. The predicted octanol–water partition coefficient (Wildman–Crippen LogP) is 3.83. The maximum absolute atomic E-state index is 11.1. The first kappa shape index (κ1) is 13.6. The van der Waals surface area contributed by atoms with Crippen molar-refractivity contribution in [3.8, 4) is 5.82 Å². The van der Waals surface area contributed by atoms with Gasteiger partial charge in [0.1, 0.15) is 5.82 Å². The lowest BCUT2D eigenvalue weighted by molar-refractivity contribution is 0.108. The van der Waals surface area contributed by atoms with E-state index < -0.39 is 5.24 Å². The second kappa shape index (κ2) is 5.43. The van der Waals surface area contributed by atoms with Crippen molar-refractivity contribution in [1.82, 2.24) is 9.55 Å². The molecule has 96 valence electrons. The largest absolute Gasteiger partial charge is 0.307 e. The number of benzene rings is 1. The van der Waals surface area contributed by atoms with Gasteiger partial charge in [-0.3, -0.25) is 4.79 Å². The molecule has 0 unspecified atom stereocenters. The van der Waals surface area contributed by atoms with Crippen LogP contribution in [0.4, 0.5) is 0 Å². The van der Waals surface area contributed by atoms with Gasteiger partial charge in [-0.25, -0.2) is 4.98 Å². The molecule has 3 rings (SSSR count). The highest BCUT2D eigenvalue weighted by molar-refractivity contribution is 6.67. The van der Waals surface area contributed by atoms with Crippen LogP contribution in [0.3, 0.4) is 0 Å². The minimum atomic E-state index is -0.464. The van der Waals surface area contributed by atoms with Crippen molar-refractivity contribution < 1.29 is 4.79 Å². The molecule has 3 aromatic rings. The fraction of sp³-hybridized carbons (Fsp3) is 0. The van der Waals surface area contributed by atoms with E-state index in [4.69, 9.17) is 11.6 Å². The van der Waals surface area contributed by atoms with Crippen LogP contribution in [0.2, 0.25) is 0 Å². The molecule has 0 aliphatic carbocycles. The second-order valence-electron chi connectivity index (χ2n) is 3.94. The first-order valence-electron chi connectivity index (χ1n) is 5.47. The Hall–Kier alpha value is -1.84. The molecule has 0 amide bonds. The molecular formula is C14H10Cl2N2O. The van der Waals surface area contributed by atoms with Crippen LogP contribution in [0.5, 0.6) is 0 Å². The van der Waals surface area contributed by atoms with Gasteiger partial charge in [-0.2, -0.15) is 0 Å².